The number of aliphatic hydroxyl groups excluding tert-OH is 1. The second-order valence-corrected chi connectivity index (χ2v) is 4.74. The van der Waals surface area contributed by atoms with Gasteiger partial charge in [0.25, 0.3) is 0 Å². The van der Waals surface area contributed by atoms with Gasteiger partial charge < -0.3 is 10.4 Å². The van der Waals surface area contributed by atoms with E-state index in [0.717, 1.165) is 5.69 Å². The molecule has 0 spiro atoms. The van der Waals surface area contributed by atoms with Crippen LogP contribution in [0.1, 0.15) is 26.7 Å². The molecule has 0 aliphatic heterocycles. The first-order valence-electron chi connectivity index (χ1n) is 5.54. The van der Waals surface area contributed by atoms with E-state index in [1.807, 2.05) is 12.4 Å². The number of aromatic nitrogens is 2. The van der Waals surface area contributed by atoms with Gasteiger partial charge in [0, 0.05) is 12.2 Å². The average Bonchev–Trinajstić information content (AvgIpc) is 2.79. The van der Waals surface area contributed by atoms with Crippen molar-refractivity contribution in [3.8, 4) is 0 Å². The fourth-order valence-electron chi connectivity index (χ4n) is 1.72. The number of hydrogen-bond acceptors (Lipinski definition) is 3. The normalized spacial score (nSPS) is 19.9. The minimum absolute atomic E-state index is 0.133. The monoisotopic (exact) mass is 209 g/mol. The summed E-state index contributed by atoms with van der Waals surface area (Å²) in [5, 5.41) is 16.4. The van der Waals surface area contributed by atoms with Gasteiger partial charge >= 0.3 is 0 Å². The number of anilines is 1. The van der Waals surface area contributed by atoms with Gasteiger partial charge in [0.05, 0.1) is 25.0 Å². The molecule has 4 nitrogen and oxygen atoms in total. The molecular formula is C11H19N3O. The van der Waals surface area contributed by atoms with Crippen LogP contribution in [0.5, 0.6) is 0 Å². The molecule has 1 aliphatic carbocycles. The summed E-state index contributed by atoms with van der Waals surface area (Å²) in [5.41, 5.74) is 1.52. The molecule has 15 heavy (non-hydrogen) atoms. The minimum atomic E-state index is 0.133. The smallest absolute Gasteiger partial charge is 0.0728 e. The van der Waals surface area contributed by atoms with Crippen LogP contribution in [0.2, 0.25) is 0 Å². The molecule has 1 unspecified atom stereocenters. The van der Waals surface area contributed by atoms with E-state index < -0.39 is 0 Å². The third-order valence-electron chi connectivity index (χ3n) is 3.43. The number of aliphatic hydroxyl groups is 1. The highest BCUT2D eigenvalue weighted by Gasteiger charge is 2.42. The standard InChI is InChI=1S/C11H19N3O/c1-9(11(2)3-4-11)13-10-7-12-14(8-10)5-6-15/h7-9,13,15H,3-6H2,1-2H3. The van der Waals surface area contributed by atoms with Crippen LogP contribution in [0.25, 0.3) is 0 Å². The number of rotatable bonds is 5. The van der Waals surface area contributed by atoms with E-state index in [2.05, 4.69) is 24.3 Å². The maximum Gasteiger partial charge on any atom is 0.0728 e. The molecule has 0 aromatic carbocycles. The predicted molar refractivity (Wildman–Crippen MR) is 59.7 cm³/mol. The summed E-state index contributed by atoms with van der Waals surface area (Å²) in [6.07, 6.45) is 6.38. The molecule has 2 N–H and O–H groups in total. The van der Waals surface area contributed by atoms with E-state index >= 15 is 0 Å². The van der Waals surface area contributed by atoms with Crippen LogP contribution in [-0.4, -0.2) is 27.5 Å². The van der Waals surface area contributed by atoms with Gasteiger partial charge in [0.1, 0.15) is 0 Å². The van der Waals surface area contributed by atoms with Gasteiger partial charge in [-0.1, -0.05) is 6.92 Å². The number of nitrogens with zero attached hydrogens (tertiary/aromatic N) is 2. The average molecular weight is 209 g/mol. The van der Waals surface area contributed by atoms with Crippen LogP contribution < -0.4 is 5.32 Å². The Hall–Kier alpha value is -1.03. The highest BCUT2D eigenvalue weighted by atomic mass is 16.3. The molecule has 1 aromatic heterocycles. The van der Waals surface area contributed by atoms with Gasteiger partial charge in [0.2, 0.25) is 0 Å². The Morgan fingerprint density at radius 3 is 3.00 bits per heavy atom. The van der Waals surface area contributed by atoms with Crippen LogP contribution >= 0.6 is 0 Å². The van der Waals surface area contributed by atoms with E-state index in [0.29, 0.717) is 18.0 Å². The fourth-order valence-corrected chi connectivity index (χ4v) is 1.72. The van der Waals surface area contributed by atoms with Crippen LogP contribution in [-0.2, 0) is 6.54 Å². The Kier molecular flexibility index (Phi) is 2.69. The summed E-state index contributed by atoms with van der Waals surface area (Å²) in [7, 11) is 0. The van der Waals surface area contributed by atoms with Crippen molar-refractivity contribution in [2.75, 3.05) is 11.9 Å². The third-order valence-corrected chi connectivity index (χ3v) is 3.43. The van der Waals surface area contributed by atoms with E-state index in [4.69, 9.17) is 5.11 Å². The van der Waals surface area contributed by atoms with E-state index in [1.165, 1.54) is 12.8 Å². The molecule has 4 heteroatoms. The van der Waals surface area contributed by atoms with E-state index in [-0.39, 0.29) is 6.61 Å². The molecule has 1 aliphatic rings. The Labute approximate surface area is 90.3 Å². The lowest BCUT2D eigenvalue weighted by Gasteiger charge is -2.20. The summed E-state index contributed by atoms with van der Waals surface area (Å²) in [4.78, 5) is 0. The van der Waals surface area contributed by atoms with Gasteiger partial charge in [-0.3, -0.25) is 4.68 Å². The van der Waals surface area contributed by atoms with E-state index in [9.17, 15) is 0 Å². The number of hydrogen-bond donors (Lipinski definition) is 2. The topological polar surface area (TPSA) is 50.1 Å². The zero-order valence-corrected chi connectivity index (χ0v) is 9.40. The molecule has 1 saturated carbocycles. The van der Waals surface area contributed by atoms with Crippen molar-refractivity contribution in [2.24, 2.45) is 5.41 Å². The third kappa shape index (κ3) is 2.31. The molecule has 1 aromatic rings. The molecule has 1 atom stereocenters. The second-order valence-electron chi connectivity index (χ2n) is 4.74. The first-order valence-corrected chi connectivity index (χ1v) is 5.54. The van der Waals surface area contributed by atoms with Crippen molar-refractivity contribution in [3.63, 3.8) is 0 Å². The minimum Gasteiger partial charge on any atom is -0.394 e. The molecule has 1 heterocycles. The Bertz CT molecular complexity index is 330. The van der Waals surface area contributed by atoms with Crippen LogP contribution in [0, 0.1) is 5.41 Å². The summed E-state index contributed by atoms with van der Waals surface area (Å²) in [6, 6.07) is 0.490. The van der Waals surface area contributed by atoms with Crippen molar-refractivity contribution in [2.45, 2.75) is 39.3 Å². The van der Waals surface area contributed by atoms with Crippen LogP contribution in [0.4, 0.5) is 5.69 Å². The highest BCUT2D eigenvalue weighted by molar-refractivity contribution is 5.40. The van der Waals surface area contributed by atoms with Gasteiger partial charge in [-0.05, 0) is 25.2 Å². The summed E-state index contributed by atoms with van der Waals surface area (Å²) >= 11 is 0. The maximum atomic E-state index is 8.77. The van der Waals surface area contributed by atoms with Crippen molar-refractivity contribution in [1.82, 2.24) is 9.78 Å². The Morgan fingerprint density at radius 1 is 1.67 bits per heavy atom. The van der Waals surface area contributed by atoms with Crippen LogP contribution in [0.3, 0.4) is 0 Å². The zero-order chi connectivity index (χ0) is 10.9. The zero-order valence-electron chi connectivity index (χ0n) is 9.40. The fraction of sp³-hybridized carbons (Fsp3) is 0.727. The maximum absolute atomic E-state index is 8.77. The van der Waals surface area contributed by atoms with Gasteiger partial charge in [-0.2, -0.15) is 5.10 Å². The molecule has 0 saturated heterocycles. The summed E-state index contributed by atoms with van der Waals surface area (Å²) < 4.78 is 1.75. The Morgan fingerprint density at radius 2 is 2.40 bits per heavy atom. The lowest BCUT2D eigenvalue weighted by atomic mass is 10.0. The van der Waals surface area contributed by atoms with Crippen molar-refractivity contribution in [3.05, 3.63) is 12.4 Å². The molecule has 84 valence electrons. The Balaban J connectivity index is 1.92. The second kappa shape index (κ2) is 3.85. The molecule has 2 rings (SSSR count). The molecular weight excluding hydrogens is 190 g/mol. The lowest BCUT2D eigenvalue weighted by molar-refractivity contribution is 0.269. The predicted octanol–water partition coefficient (Wildman–Crippen LogP) is 1.48. The summed E-state index contributed by atoms with van der Waals surface area (Å²) in [6.45, 7) is 5.22. The van der Waals surface area contributed by atoms with Crippen molar-refractivity contribution < 1.29 is 5.11 Å². The first-order chi connectivity index (χ1) is 7.14. The molecule has 1 fully saturated rings. The molecule has 0 bridgehead atoms. The quantitative estimate of drug-likeness (QED) is 0.772. The van der Waals surface area contributed by atoms with Crippen molar-refractivity contribution >= 4 is 5.69 Å². The highest BCUT2D eigenvalue weighted by Crippen LogP contribution is 2.48. The molecule has 0 radical (unpaired) electrons. The van der Waals surface area contributed by atoms with Gasteiger partial charge in [-0.15, -0.1) is 0 Å². The lowest BCUT2D eigenvalue weighted by Crippen LogP contribution is -2.24. The first kappa shape index (κ1) is 10.5. The van der Waals surface area contributed by atoms with E-state index in [1.54, 1.807) is 4.68 Å². The van der Waals surface area contributed by atoms with Gasteiger partial charge in [0.15, 0.2) is 0 Å². The van der Waals surface area contributed by atoms with Crippen molar-refractivity contribution in [1.29, 1.82) is 0 Å². The largest absolute Gasteiger partial charge is 0.394 e. The van der Waals surface area contributed by atoms with Crippen LogP contribution in [0.15, 0.2) is 12.4 Å². The number of nitrogens with one attached hydrogen (secondary N) is 1. The molecule has 0 amide bonds. The summed E-state index contributed by atoms with van der Waals surface area (Å²) in [5.74, 6) is 0. The SMILES string of the molecule is CC(Nc1cnn(CCO)c1)C1(C)CC1. The van der Waals surface area contributed by atoms with Gasteiger partial charge in [-0.25, -0.2) is 0 Å².